The van der Waals surface area contributed by atoms with Gasteiger partial charge in [-0.15, -0.1) is 0 Å². The first-order valence-corrected chi connectivity index (χ1v) is 45.9. The number of anilines is 16. The number of rotatable bonds is 27. The number of amides is 6. The van der Waals surface area contributed by atoms with Crippen LogP contribution in [-0.2, 0) is 41.7 Å². The topological polar surface area (TPSA) is 280 Å². The van der Waals surface area contributed by atoms with Crippen molar-refractivity contribution >= 4 is 110 Å². The van der Waals surface area contributed by atoms with Crippen LogP contribution in [0.15, 0.2) is 188 Å². The number of aromatic nitrogens is 6. The van der Waals surface area contributed by atoms with E-state index in [1.807, 2.05) is 164 Å². The fourth-order valence-corrected chi connectivity index (χ4v) is 18.0. The van der Waals surface area contributed by atoms with E-state index in [0.29, 0.717) is 119 Å². The lowest BCUT2D eigenvalue weighted by Crippen LogP contribution is -2.46. The van der Waals surface area contributed by atoms with Gasteiger partial charge in [-0.2, -0.15) is 28.1 Å². The number of benzene rings is 9. The van der Waals surface area contributed by atoms with Crippen molar-refractivity contribution in [3.63, 3.8) is 0 Å². The number of carbonyl (C=O) groups excluding carboxylic acids is 3. The highest BCUT2D eigenvalue weighted by Gasteiger charge is 2.42. The Kier molecular flexibility index (Phi) is 30.2. The van der Waals surface area contributed by atoms with Gasteiger partial charge in [0.2, 0.25) is 17.8 Å². The summed E-state index contributed by atoms with van der Waals surface area (Å²) in [6.07, 6.45) is 2.73. The zero-order chi connectivity index (χ0) is 97.0. The van der Waals surface area contributed by atoms with Crippen LogP contribution in [0.2, 0.25) is 0 Å². The number of hydrogen-bond acceptors (Lipinski definition) is 25. The lowest BCUT2D eigenvalue weighted by Gasteiger charge is -2.37. The van der Waals surface area contributed by atoms with Crippen molar-refractivity contribution in [1.29, 1.82) is 0 Å². The zero-order valence-electron chi connectivity index (χ0n) is 80.2. The van der Waals surface area contributed by atoms with Gasteiger partial charge in [-0.1, -0.05) is 66.7 Å². The van der Waals surface area contributed by atoms with Crippen molar-refractivity contribution in [3.05, 3.63) is 255 Å². The summed E-state index contributed by atoms with van der Waals surface area (Å²) in [7, 11) is 11.4. The van der Waals surface area contributed by atoms with Crippen molar-refractivity contribution < 1.29 is 70.2 Å². The van der Waals surface area contributed by atoms with E-state index < -0.39 is 11.7 Å². The number of carbonyl (C=O) groups is 3. The number of nitrogens with zero attached hydrogens (tertiary/aromatic N) is 16. The summed E-state index contributed by atoms with van der Waals surface area (Å²) in [5.74, 6) is 6.08. The molecule has 0 spiro atoms. The molecule has 6 aliphatic heterocycles. The summed E-state index contributed by atoms with van der Waals surface area (Å²) < 4.78 is 92.5. The van der Waals surface area contributed by atoms with E-state index in [1.165, 1.54) is 30.7 Å². The maximum absolute atomic E-state index is 14.5. The second-order valence-corrected chi connectivity index (χ2v) is 34.5. The van der Waals surface area contributed by atoms with Gasteiger partial charge < -0.3 is 68.4 Å². The molecule has 0 radical (unpaired) electrons. The van der Waals surface area contributed by atoms with Crippen LogP contribution in [0.25, 0.3) is 0 Å². The number of piperazine rings is 1. The van der Waals surface area contributed by atoms with Crippen molar-refractivity contribution in [2.75, 3.05) is 198 Å². The molecule has 0 unspecified atom stereocenters. The first-order chi connectivity index (χ1) is 66.8. The third kappa shape index (κ3) is 21.8. The number of urea groups is 3. The number of morpholine rings is 2. The normalized spacial score (nSPS) is 15.2. The molecule has 6 amide bonds. The Morgan fingerprint density at radius 1 is 0.399 bits per heavy atom. The molecule has 3 saturated heterocycles. The number of aryl methyl sites for hydroxylation is 8. The van der Waals surface area contributed by atoms with E-state index in [2.05, 4.69) is 57.7 Å². The van der Waals surface area contributed by atoms with Gasteiger partial charge in [-0.25, -0.2) is 44.0 Å². The highest BCUT2D eigenvalue weighted by Crippen LogP contribution is 2.48. The first-order valence-electron chi connectivity index (χ1n) is 45.9. The van der Waals surface area contributed by atoms with Crippen LogP contribution in [-0.4, -0.2) is 211 Å². The Balaban J connectivity index is 0.000000150. The second kappa shape index (κ2) is 43.2. The van der Waals surface area contributed by atoms with Gasteiger partial charge in [0, 0.05) is 141 Å². The molecule has 3 aromatic heterocycles. The van der Waals surface area contributed by atoms with Crippen molar-refractivity contribution in [3.8, 4) is 40.2 Å². The van der Waals surface area contributed by atoms with Crippen molar-refractivity contribution in [2.45, 2.75) is 87.1 Å². The minimum atomic E-state index is -4.55. The average molecular weight is 1880 g/mol. The van der Waals surface area contributed by atoms with Crippen molar-refractivity contribution in [1.82, 2.24) is 44.6 Å². The molecule has 6 aliphatic rings. The first kappa shape index (κ1) is 96.5. The fraction of sp³-hybridized carbons (Fsp3) is 0.337. The van der Waals surface area contributed by atoms with Gasteiger partial charge in [0.15, 0.2) is 17.5 Å². The van der Waals surface area contributed by atoms with Gasteiger partial charge in [-0.3, -0.25) is 24.5 Å². The summed E-state index contributed by atoms with van der Waals surface area (Å²) in [6, 6.07) is 50.9. The minimum absolute atomic E-state index is 0.0389. The number of ether oxygens (including phenoxy) is 9. The molecule has 0 bridgehead atoms. The molecule has 0 saturated carbocycles. The highest BCUT2D eigenvalue weighted by molar-refractivity contribution is 6.14. The number of fused-ring (bicyclic) bond motifs is 3. The summed E-state index contributed by atoms with van der Waals surface area (Å²) in [6.45, 7) is 27.2. The third-order valence-electron chi connectivity index (χ3n) is 25.2. The van der Waals surface area contributed by atoms with E-state index in [1.54, 1.807) is 114 Å². The Labute approximate surface area is 801 Å². The average Bonchev–Trinajstić information content (AvgIpc) is 0.754. The van der Waals surface area contributed by atoms with E-state index >= 15 is 0 Å². The molecular formula is C104H116F3N19O12. The Morgan fingerprint density at radius 3 is 1.23 bits per heavy atom. The van der Waals surface area contributed by atoms with Crippen LogP contribution >= 0.6 is 0 Å². The van der Waals surface area contributed by atoms with Crippen LogP contribution in [0.4, 0.5) is 120 Å². The van der Waals surface area contributed by atoms with Crippen molar-refractivity contribution in [2.24, 2.45) is 0 Å². The molecule has 720 valence electrons. The molecule has 0 aliphatic carbocycles. The zero-order valence-corrected chi connectivity index (χ0v) is 80.2. The number of para-hydroxylation sites is 3. The summed E-state index contributed by atoms with van der Waals surface area (Å²) in [5.41, 5.74) is 16.0. The summed E-state index contributed by atoms with van der Waals surface area (Å²) in [5, 5.41) is 9.68. The standard InChI is InChI=1S/C36H42N6O5.C35H40N6O4.C33H34F3N7O3/c1-23-8-7-9-24(2)32(23)41-22-27-21-37-35(39-34(27)42(36(41)43)30-11-10-29(44-5)20-31(30)45-6)38-28-18-25(3)33(26(4)19-28)47-17-14-40-12-15-46-16-13-40;1-24-7-5-8-25(2)32(24)40-23-27-22-36-34(37-28-12-10-26(11-13-28)9-6-16-39-17-19-45-20-18-39)38-33(27)41(35(40)42)30-15-14-29(43-3)21-31(30)44-4;1-21-7-5-6-8-27(21)42-20-22-19-37-31(39-30(22)43(32(42)44)28-10-9-26(45-3)18-29(28)46-4)38-24-15-23(33(34,35)36)16-25(17-24)41-13-11-40(2)12-14-41/h7-11,18-21H,12-17,22H2,1-6H3,(H,37,38,39);5,7-8,10-15,21-22H,6,9,16-20,23H2,1-4H3,(H,36,37,38);5-10,15-19H,11-14,20H2,1-4H3,(H,37,38,39). The van der Waals surface area contributed by atoms with Gasteiger partial charge in [0.25, 0.3) is 0 Å². The number of alkyl halides is 3. The van der Waals surface area contributed by atoms with Gasteiger partial charge in [-0.05, 0) is 204 Å². The number of methoxy groups -OCH3 is 6. The maximum atomic E-state index is 14.5. The molecule has 18 rings (SSSR count). The van der Waals surface area contributed by atoms with Crippen LogP contribution in [0.1, 0.15) is 73.2 Å². The molecule has 9 aromatic carbocycles. The molecule has 3 fully saturated rings. The highest BCUT2D eigenvalue weighted by atomic mass is 19.4. The largest absolute Gasteiger partial charge is 0.497 e. The van der Waals surface area contributed by atoms with Crippen LogP contribution in [0.5, 0.6) is 40.2 Å². The lowest BCUT2D eigenvalue weighted by molar-refractivity contribution is -0.137. The number of nitrogens with one attached hydrogen (secondary N) is 3. The molecule has 3 N–H and O–H groups in total. The van der Waals surface area contributed by atoms with Crippen LogP contribution in [0, 0.1) is 48.5 Å². The quantitative estimate of drug-likeness (QED) is 0.0431. The minimum Gasteiger partial charge on any atom is -0.497 e. The molecule has 0 atom stereocenters. The number of likely N-dealkylation sites (N-methyl/N-ethyl adjacent to an activating group) is 1. The fourth-order valence-electron chi connectivity index (χ4n) is 18.0. The monoisotopic (exact) mass is 1880 g/mol. The predicted octanol–water partition coefficient (Wildman–Crippen LogP) is 19.5. The van der Waals surface area contributed by atoms with Gasteiger partial charge >= 0.3 is 24.3 Å². The van der Waals surface area contributed by atoms with E-state index in [-0.39, 0.29) is 42.1 Å². The number of hydrogen-bond donors (Lipinski definition) is 3. The third-order valence-corrected chi connectivity index (χ3v) is 25.2. The van der Waals surface area contributed by atoms with E-state index in [4.69, 9.17) is 57.6 Å². The van der Waals surface area contributed by atoms with Crippen LogP contribution < -0.4 is 83.4 Å². The Bertz CT molecular complexity index is 6330. The second-order valence-electron chi connectivity index (χ2n) is 34.5. The maximum Gasteiger partial charge on any atom is 0.416 e. The van der Waals surface area contributed by atoms with Crippen LogP contribution in [0.3, 0.4) is 0 Å². The molecule has 138 heavy (non-hydrogen) atoms. The molecule has 12 aromatic rings. The molecule has 34 heteroatoms. The lowest BCUT2D eigenvalue weighted by atomic mass is 10.1. The Morgan fingerprint density at radius 2 is 0.804 bits per heavy atom. The molecule has 9 heterocycles. The summed E-state index contributed by atoms with van der Waals surface area (Å²) >= 11 is 0. The van der Waals surface area contributed by atoms with Gasteiger partial charge in [0.05, 0.1) is 123 Å². The van der Waals surface area contributed by atoms with Gasteiger partial charge in [0.1, 0.15) is 46.9 Å². The van der Waals surface area contributed by atoms with E-state index in [0.717, 1.165) is 182 Å². The number of halogens is 3. The predicted molar refractivity (Wildman–Crippen MR) is 531 cm³/mol. The summed E-state index contributed by atoms with van der Waals surface area (Å²) in [4.78, 5) is 90.1. The molecular weight excluding hydrogens is 1760 g/mol. The SMILES string of the molecule is COc1ccc(N2C(=O)N(c3c(C)cccc3C)Cc3cnc(Nc4cc(C)c(OCCN5CCOCC5)c(C)c4)nc32)c(OC)c1.COc1ccc(N2C(=O)N(c3c(C)cccc3C)Cc3cnc(Nc4ccc(CCCN5CCOCC5)cc4)nc32)c(OC)c1.COc1ccc(N2C(=O)N(c3ccccc3C)Cc3cnc(Nc4cc(N5CCN(C)CC5)cc(C(F)(F)F)c4)nc32)c(OC)c1. The molecule has 31 nitrogen and oxygen atoms in total. The smallest absolute Gasteiger partial charge is 0.416 e. The van der Waals surface area contributed by atoms with E-state index in [9.17, 15) is 27.6 Å². The Hall–Kier alpha value is -14.6.